The molecule has 5 aromatic rings. The first-order valence-corrected chi connectivity index (χ1v) is 13.8. The van der Waals surface area contributed by atoms with Gasteiger partial charge in [0.15, 0.2) is 11.3 Å². The van der Waals surface area contributed by atoms with Gasteiger partial charge < -0.3 is 18.3 Å². The van der Waals surface area contributed by atoms with Gasteiger partial charge in [0.25, 0.3) is 0 Å². The first-order valence-electron chi connectivity index (χ1n) is 13.8. The van der Waals surface area contributed by atoms with Gasteiger partial charge in [-0.3, -0.25) is 0 Å². The second-order valence-electron chi connectivity index (χ2n) is 10.9. The van der Waals surface area contributed by atoms with E-state index in [0.29, 0.717) is 33.7 Å². The maximum atomic E-state index is 15.7. The van der Waals surface area contributed by atoms with Crippen molar-refractivity contribution >= 4 is 23.3 Å². The van der Waals surface area contributed by atoms with Gasteiger partial charge in [-0.1, -0.05) is 25.1 Å². The molecule has 2 aliphatic carbocycles. The van der Waals surface area contributed by atoms with Gasteiger partial charge in [-0.25, -0.2) is 9.97 Å². The number of alkyl halides is 6. The molecule has 0 bridgehead atoms. The van der Waals surface area contributed by atoms with Gasteiger partial charge in [0.1, 0.15) is 22.7 Å². The Morgan fingerprint density at radius 2 is 1.20 bits per heavy atom. The third-order valence-electron chi connectivity index (χ3n) is 7.67. The van der Waals surface area contributed by atoms with Crippen molar-refractivity contribution in [2.75, 3.05) is 0 Å². The van der Waals surface area contributed by atoms with Crippen LogP contribution in [0, 0.1) is 12.8 Å². The molecular weight excluding hydrogens is 602 g/mol. The van der Waals surface area contributed by atoms with E-state index in [9.17, 15) is 17.6 Å². The fraction of sp³-hybridized carbons (Fsp3) is 0.212. The minimum atomic E-state index is -5.58. The number of halogens is 6. The largest absolute Gasteiger partial charge is 0.447 e. The monoisotopic (exact) mass is 624 g/mol. The molecular formula is C33H22F6N2O4. The second kappa shape index (κ2) is 9.75. The molecule has 0 N–H and O–H groups in total. The summed E-state index contributed by atoms with van der Waals surface area (Å²) in [6.45, 7) is 3.85. The molecule has 230 valence electrons. The molecule has 1 saturated carbocycles. The Labute approximate surface area is 251 Å². The smallest absolute Gasteiger partial charge is 0.395 e. The molecule has 0 spiro atoms. The lowest BCUT2D eigenvalue weighted by atomic mass is 9.76. The quantitative estimate of drug-likeness (QED) is 0.176. The number of aromatic nitrogens is 2. The Kier molecular flexibility index (Phi) is 6.23. The highest BCUT2D eigenvalue weighted by molar-refractivity contribution is 5.77. The average molecular weight is 625 g/mol. The van der Waals surface area contributed by atoms with Crippen LogP contribution in [0.2, 0.25) is 0 Å². The highest BCUT2D eigenvalue weighted by Gasteiger charge is 3.03. The summed E-state index contributed by atoms with van der Waals surface area (Å²) in [5.41, 5.74) is 3.25. The van der Waals surface area contributed by atoms with Crippen LogP contribution < -0.4 is 9.47 Å². The number of oxazole rings is 2. The van der Waals surface area contributed by atoms with Crippen LogP contribution in [0.5, 0.6) is 11.5 Å². The van der Waals surface area contributed by atoms with Crippen LogP contribution in [-0.4, -0.2) is 33.5 Å². The van der Waals surface area contributed by atoms with E-state index < -0.39 is 35.1 Å². The fourth-order valence-corrected chi connectivity index (χ4v) is 5.07. The van der Waals surface area contributed by atoms with E-state index in [1.807, 2.05) is 32.1 Å². The van der Waals surface area contributed by atoms with Crippen molar-refractivity contribution in [1.29, 1.82) is 0 Å². The number of hydrogen-bond acceptors (Lipinski definition) is 6. The molecule has 2 aliphatic rings. The van der Waals surface area contributed by atoms with Gasteiger partial charge >= 0.3 is 23.6 Å². The van der Waals surface area contributed by atoms with E-state index in [1.165, 1.54) is 24.3 Å². The van der Waals surface area contributed by atoms with Gasteiger partial charge in [-0.05, 0) is 91.2 Å². The van der Waals surface area contributed by atoms with Crippen LogP contribution in [0.3, 0.4) is 0 Å². The molecule has 7 rings (SSSR count). The second-order valence-corrected chi connectivity index (χ2v) is 10.9. The topological polar surface area (TPSA) is 70.5 Å². The summed E-state index contributed by atoms with van der Waals surface area (Å²) in [5.74, 6) is -21.3. The van der Waals surface area contributed by atoms with Gasteiger partial charge in [0.2, 0.25) is 11.8 Å². The number of fused-ring (bicyclic) bond motifs is 2. The molecule has 1 fully saturated rings. The van der Waals surface area contributed by atoms with Gasteiger partial charge in [0, 0.05) is 11.1 Å². The van der Waals surface area contributed by atoms with Crippen LogP contribution in [0.1, 0.15) is 23.9 Å². The highest BCUT2D eigenvalue weighted by atomic mass is 19.3. The first kappa shape index (κ1) is 28.8. The van der Waals surface area contributed by atoms with Crippen LogP contribution in [0.4, 0.5) is 26.3 Å². The van der Waals surface area contributed by atoms with Crippen molar-refractivity contribution in [3.8, 4) is 34.4 Å². The fourth-order valence-electron chi connectivity index (χ4n) is 5.07. The molecule has 0 amide bonds. The minimum Gasteiger partial charge on any atom is -0.447 e. The van der Waals surface area contributed by atoms with Crippen LogP contribution in [0.25, 0.3) is 46.2 Å². The van der Waals surface area contributed by atoms with Gasteiger partial charge in [-0.15, -0.1) is 0 Å². The Hall–Kier alpha value is -5.00. The molecule has 0 saturated heterocycles. The molecule has 6 nitrogen and oxygen atoms in total. The number of allylic oxidation sites excluding steroid dienone is 2. The number of nitrogens with zero attached hydrogens (tertiary/aromatic N) is 2. The zero-order valence-electron chi connectivity index (χ0n) is 23.5. The predicted octanol–water partition coefficient (Wildman–Crippen LogP) is 9.21. The van der Waals surface area contributed by atoms with Crippen molar-refractivity contribution < 1.29 is 44.7 Å². The summed E-state index contributed by atoms with van der Waals surface area (Å²) in [6, 6.07) is 14.5. The summed E-state index contributed by atoms with van der Waals surface area (Å²) < 4.78 is 110. The lowest BCUT2D eigenvalue weighted by molar-refractivity contribution is -0.527. The molecule has 2 aromatic heterocycles. The minimum absolute atomic E-state index is 0.158. The standard InChI is InChI=1S/C33H22F6N2O4/c1-18-3-14-24-26(15-4-18)42-28(40-24)20-6-10-22(11-7-20)44-32(38)30(34,35)31(36,37)33(32,39)45-23-12-8-21(9-13-23)29-41-25-17-19(2)5-16-27(25)43-29/h3-18H,1-2H3. The predicted molar refractivity (Wildman–Crippen MR) is 152 cm³/mol. The average Bonchev–Trinajstić information content (AvgIpc) is 3.58. The van der Waals surface area contributed by atoms with Crippen LogP contribution in [0.15, 0.2) is 87.7 Å². The Morgan fingerprint density at radius 3 is 1.78 bits per heavy atom. The molecule has 45 heavy (non-hydrogen) atoms. The van der Waals surface area contributed by atoms with E-state index in [1.54, 1.807) is 24.3 Å². The number of aryl methyl sites for hydroxylation is 1. The van der Waals surface area contributed by atoms with Gasteiger partial charge in [-0.2, -0.15) is 26.3 Å². The summed E-state index contributed by atoms with van der Waals surface area (Å²) in [7, 11) is 0. The Bertz CT molecular complexity index is 1950. The molecule has 12 heteroatoms. The summed E-state index contributed by atoms with van der Waals surface area (Å²) in [5, 5.41) is 0. The maximum absolute atomic E-state index is 15.7. The van der Waals surface area contributed by atoms with Crippen molar-refractivity contribution in [2.24, 2.45) is 5.92 Å². The summed E-state index contributed by atoms with van der Waals surface area (Å²) in [4.78, 5) is 8.71. The van der Waals surface area contributed by atoms with E-state index in [4.69, 9.17) is 8.83 Å². The number of rotatable bonds is 6. The Morgan fingerprint density at radius 1 is 0.667 bits per heavy atom. The number of benzene rings is 3. The lowest BCUT2D eigenvalue weighted by Gasteiger charge is -2.55. The number of ether oxygens (including phenoxy) is 2. The summed E-state index contributed by atoms with van der Waals surface area (Å²) >= 11 is 0. The van der Waals surface area contributed by atoms with Crippen LogP contribution in [-0.2, 0) is 0 Å². The molecule has 0 radical (unpaired) electrons. The molecule has 2 heterocycles. The van der Waals surface area contributed by atoms with Crippen molar-refractivity contribution in [2.45, 2.75) is 37.4 Å². The number of hydrogen-bond donors (Lipinski definition) is 0. The van der Waals surface area contributed by atoms with E-state index >= 15 is 8.78 Å². The van der Waals surface area contributed by atoms with E-state index in [-0.39, 0.29) is 17.7 Å². The summed E-state index contributed by atoms with van der Waals surface area (Å²) in [6.07, 6.45) is 7.35. The third kappa shape index (κ3) is 4.26. The molecule has 3 unspecified atom stereocenters. The van der Waals surface area contributed by atoms with E-state index in [2.05, 4.69) is 19.4 Å². The highest BCUT2D eigenvalue weighted by Crippen LogP contribution is 2.68. The maximum Gasteiger partial charge on any atom is 0.395 e. The van der Waals surface area contributed by atoms with E-state index in [0.717, 1.165) is 29.8 Å². The van der Waals surface area contributed by atoms with Crippen LogP contribution >= 0.6 is 0 Å². The first-order chi connectivity index (χ1) is 21.3. The SMILES string of the molecule is Cc1ccc2oc(-c3ccc(OC4(F)C(F)(F)C(F)(F)C4(F)Oc4ccc(-c5nc6c(o5)C=CC(C)C=C6)cc4)cc3)nc2c1. The zero-order chi connectivity index (χ0) is 31.8. The molecule has 3 aromatic carbocycles. The lowest BCUT2D eigenvalue weighted by Crippen LogP contribution is -2.89. The molecule has 3 atom stereocenters. The van der Waals surface area contributed by atoms with Crippen molar-refractivity contribution in [3.63, 3.8) is 0 Å². The van der Waals surface area contributed by atoms with Crippen molar-refractivity contribution in [3.05, 3.63) is 95.9 Å². The third-order valence-corrected chi connectivity index (χ3v) is 7.67. The Balaban J connectivity index is 1.12. The molecule has 0 aliphatic heterocycles. The zero-order valence-corrected chi connectivity index (χ0v) is 23.5. The van der Waals surface area contributed by atoms with Gasteiger partial charge in [0.05, 0.1) is 0 Å². The normalized spacial score (nSPS) is 24.6. The van der Waals surface area contributed by atoms with Crippen molar-refractivity contribution in [1.82, 2.24) is 9.97 Å².